The van der Waals surface area contributed by atoms with Crippen LogP contribution in [0, 0.1) is 0 Å². The van der Waals surface area contributed by atoms with Gasteiger partial charge in [0, 0.05) is 0 Å². The van der Waals surface area contributed by atoms with Gasteiger partial charge in [-0.1, -0.05) is 53.7 Å². The second-order valence-corrected chi connectivity index (χ2v) is 9.91. The topological polar surface area (TPSA) is 18.5 Å². The van der Waals surface area contributed by atoms with Crippen molar-refractivity contribution in [3.05, 3.63) is 54.6 Å². The van der Waals surface area contributed by atoms with E-state index in [-0.39, 0.29) is 11.2 Å². The van der Waals surface area contributed by atoms with Crippen molar-refractivity contribution in [2.45, 2.75) is 59.7 Å². The zero-order valence-electron chi connectivity index (χ0n) is 17.1. The van der Waals surface area contributed by atoms with Gasteiger partial charge in [0.25, 0.3) is 0 Å². The molecule has 2 rings (SSSR count). The van der Waals surface area contributed by atoms with Crippen LogP contribution in [-0.2, 0) is 0 Å². The van der Waals surface area contributed by atoms with Crippen molar-refractivity contribution in [2.75, 3.05) is 0 Å². The van der Waals surface area contributed by atoms with Crippen molar-refractivity contribution in [3.8, 4) is 11.5 Å². The summed E-state index contributed by atoms with van der Waals surface area (Å²) in [5, 5.41) is 2.41. The Morgan fingerprint density at radius 2 is 1.50 bits per heavy atom. The van der Waals surface area contributed by atoms with E-state index in [2.05, 4.69) is 78.5 Å². The van der Waals surface area contributed by atoms with Gasteiger partial charge in [0.05, 0.1) is 0 Å². The highest BCUT2D eigenvalue weighted by Gasteiger charge is 2.22. The summed E-state index contributed by atoms with van der Waals surface area (Å²) in [6.07, 6.45) is 0. The molecule has 0 fully saturated rings. The lowest BCUT2D eigenvalue weighted by Crippen LogP contribution is -2.34. The zero-order valence-corrected chi connectivity index (χ0v) is 18.1. The maximum atomic E-state index is 6.32. The smallest absolute Gasteiger partial charge is 0.161 e. The molecule has 0 aliphatic carbocycles. The highest BCUT2D eigenvalue weighted by atomic mass is 28.2. The lowest BCUT2D eigenvalue weighted by Gasteiger charge is -2.28. The monoisotopic (exact) mass is 366 g/mol. The second kappa shape index (κ2) is 7.71. The van der Waals surface area contributed by atoms with Crippen LogP contribution >= 0.6 is 0 Å². The molecule has 0 heterocycles. The fraction of sp³-hybridized carbons (Fsp3) is 0.391. The molecule has 138 valence electrons. The molecule has 0 aliphatic heterocycles. The van der Waals surface area contributed by atoms with Gasteiger partial charge in [0.15, 0.2) is 11.5 Å². The first-order chi connectivity index (χ1) is 11.9. The molecule has 0 aromatic heterocycles. The summed E-state index contributed by atoms with van der Waals surface area (Å²) in [5.41, 5.74) is 1.68. The molecular weight excluding hydrogens is 336 g/mol. The van der Waals surface area contributed by atoms with E-state index in [1.54, 1.807) is 0 Å². The van der Waals surface area contributed by atoms with Gasteiger partial charge >= 0.3 is 0 Å². The zero-order chi connectivity index (χ0) is 19.5. The molecule has 0 saturated heterocycles. The van der Waals surface area contributed by atoms with Crippen LogP contribution < -0.4 is 19.8 Å². The van der Waals surface area contributed by atoms with Gasteiger partial charge in [0.2, 0.25) is 0 Å². The van der Waals surface area contributed by atoms with E-state index in [4.69, 9.17) is 9.47 Å². The summed E-state index contributed by atoms with van der Waals surface area (Å²) in [7, 11) is 0.487. The Hall–Kier alpha value is -2.00. The average molecular weight is 367 g/mol. The summed E-state index contributed by atoms with van der Waals surface area (Å²) in [6.45, 7) is 18.4. The van der Waals surface area contributed by atoms with Crippen molar-refractivity contribution in [1.29, 1.82) is 0 Å². The molecule has 0 saturated carbocycles. The highest BCUT2D eigenvalue weighted by Crippen LogP contribution is 2.31. The molecule has 0 N–H and O–H groups in total. The molecule has 0 unspecified atom stereocenters. The van der Waals surface area contributed by atoms with Gasteiger partial charge in [0.1, 0.15) is 20.7 Å². The Kier molecular flexibility index (Phi) is 6.02. The van der Waals surface area contributed by atoms with E-state index in [1.165, 1.54) is 10.8 Å². The van der Waals surface area contributed by atoms with Crippen molar-refractivity contribution < 1.29 is 9.47 Å². The van der Waals surface area contributed by atoms with Gasteiger partial charge in [-0.2, -0.15) is 0 Å². The molecule has 2 aromatic rings. The van der Waals surface area contributed by atoms with Crippen molar-refractivity contribution in [3.63, 3.8) is 0 Å². The molecule has 2 radical (unpaired) electrons. The van der Waals surface area contributed by atoms with Crippen molar-refractivity contribution in [2.24, 2.45) is 0 Å². The third kappa shape index (κ3) is 6.06. The standard InChI is InChI=1S/C23H30O2Si/c1-16(2)17-11-9-12-18(15-17)26-20-14-10-13-19(24-22(3,4)5)21(20)25-23(6,7)8/h9-15H,1H2,2-8H3. The van der Waals surface area contributed by atoms with E-state index in [0.717, 1.165) is 22.3 Å². The molecule has 0 amide bonds. The van der Waals surface area contributed by atoms with Gasteiger partial charge < -0.3 is 9.47 Å². The minimum atomic E-state index is -0.296. The van der Waals surface area contributed by atoms with E-state index in [9.17, 15) is 0 Å². The van der Waals surface area contributed by atoms with Crippen LogP contribution in [0.4, 0.5) is 0 Å². The number of hydrogen-bond donors (Lipinski definition) is 0. The minimum Gasteiger partial charge on any atom is -0.484 e. The summed E-state index contributed by atoms with van der Waals surface area (Å²) in [6, 6.07) is 14.7. The third-order valence-corrected chi connectivity index (χ3v) is 4.70. The lowest BCUT2D eigenvalue weighted by molar-refractivity contribution is 0.0969. The number of hydrogen-bond acceptors (Lipinski definition) is 2. The first-order valence-electron chi connectivity index (χ1n) is 8.99. The normalized spacial score (nSPS) is 12.0. The largest absolute Gasteiger partial charge is 0.484 e. The van der Waals surface area contributed by atoms with Gasteiger partial charge in [-0.15, -0.1) is 0 Å². The summed E-state index contributed by atoms with van der Waals surface area (Å²) < 4.78 is 12.5. The molecule has 0 bridgehead atoms. The first kappa shape index (κ1) is 20.3. The first-order valence-corrected chi connectivity index (χ1v) is 9.99. The maximum Gasteiger partial charge on any atom is 0.161 e. The average Bonchev–Trinajstić information content (AvgIpc) is 2.48. The molecule has 2 aromatic carbocycles. The summed E-state index contributed by atoms with van der Waals surface area (Å²) >= 11 is 0. The molecule has 0 atom stereocenters. The summed E-state index contributed by atoms with van der Waals surface area (Å²) in [5.74, 6) is 1.64. The number of para-hydroxylation sites is 1. The Morgan fingerprint density at radius 1 is 0.885 bits per heavy atom. The molecule has 3 heteroatoms. The quantitative estimate of drug-likeness (QED) is 0.712. The van der Waals surface area contributed by atoms with Gasteiger partial charge in [-0.25, -0.2) is 0 Å². The highest BCUT2D eigenvalue weighted by molar-refractivity contribution is 6.68. The Balaban J connectivity index is 2.45. The molecule has 0 aliphatic rings. The van der Waals surface area contributed by atoms with Gasteiger partial charge in [-0.05, 0) is 65.3 Å². The Bertz CT molecular complexity index is 780. The van der Waals surface area contributed by atoms with Crippen LogP contribution in [0.5, 0.6) is 11.5 Å². The van der Waals surface area contributed by atoms with Crippen molar-refractivity contribution >= 4 is 25.5 Å². The van der Waals surface area contributed by atoms with Gasteiger partial charge in [-0.3, -0.25) is 0 Å². The van der Waals surface area contributed by atoms with Crippen molar-refractivity contribution in [1.82, 2.24) is 0 Å². The Morgan fingerprint density at radius 3 is 2.08 bits per heavy atom. The van der Waals surface area contributed by atoms with Crippen LogP contribution in [0.15, 0.2) is 49.0 Å². The predicted molar refractivity (Wildman–Crippen MR) is 113 cm³/mol. The fourth-order valence-electron chi connectivity index (χ4n) is 2.45. The minimum absolute atomic E-state index is 0.280. The van der Waals surface area contributed by atoms with Crippen LogP contribution in [0.3, 0.4) is 0 Å². The van der Waals surface area contributed by atoms with E-state index in [0.29, 0.717) is 9.52 Å². The number of allylic oxidation sites excluding steroid dienone is 1. The fourth-order valence-corrected chi connectivity index (χ4v) is 3.64. The van der Waals surface area contributed by atoms with Crippen LogP contribution in [-0.4, -0.2) is 20.7 Å². The molecule has 0 spiro atoms. The number of ether oxygens (including phenoxy) is 2. The van der Waals surface area contributed by atoms with E-state index in [1.807, 2.05) is 19.1 Å². The Labute approximate surface area is 161 Å². The number of benzene rings is 2. The van der Waals surface area contributed by atoms with Crippen LogP contribution in [0.1, 0.15) is 54.0 Å². The molecular formula is C23H30O2Si. The maximum absolute atomic E-state index is 6.32. The predicted octanol–water partition coefficient (Wildman–Crippen LogP) is 4.73. The number of rotatable bonds is 5. The third-order valence-electron chi connectivity index (χ3n) is 3.44. The second-order valence-electron chi connectivity index (χ2n) is 8.55. The SMILES string of the molecule is C=C(C)c1cccc([Si]c2cccc(OC(C)(C)C)c2OC(C)(C)C)c1. The van der Waals surface area contributed by atoms with E-state index < -0.39 is 0 Å². The van der Waals surface area contributed by atoms with Crippen LogP contribution in [0.25, 0.3) is 5.57 Å². The molecule has 26 heavy (non-hydrogen) atoms. The lowest BCUT2D eigenvalue weighted by atomic mass is 10.1. The summed E-state index contributed by atoms with van der Waals surface area (Å²) in [4.78, 5) is 0. The van der Waals surface area contributed by atoms with E-state index >= 15 is 0 Å². The molecule has 2 nitrogen and oxygen atoms in total. The van der Waals surface area contributed by atoms with Crippen LogP contribution in [0.2, 0.25) is 0 Å².